The first-order chi connectivity index (χ1) is 14.6. The zero-order valence-corrected chi connectivity index (χ0v) is 17.8. The van der Waals surface area contributed by atoms with E-state index >= 15 is 0 Å². The van der Waals surface area contributed by atoms with Crippen molar-refractivity contribution in [2.75, 3.05) is 41.4 Å². The van der Waals surface area contributed by atoms with E-state index in [1.54, 1.807) is 6.92 Å². The summed E-state index contributed by atoms with van der Waals surface area (Å²) in [5.74, 6) is 1.89. The molecule has 1 aromatic heterocycles. The molecule has 3 atom stereocenters. The predicted octanol–water partition coefficient (Wildman–Crippen LogP) is 3.85. The van der Waals surface area contributed by atoms with Crippen molar-refractivity contribution in [1.29, 1.82) is 0 Å². The fourth-order valence-corrected chi connectivity index (χ4v) is 5.18. The molecule has 1 saturated carbocycles. The number of anilines is 3. The highest BCUT2D eigenvalue weighted by Gasteiger charge is 2.47. The number of morpholine rings is 1. The van der Waals surface area contributed by atoms with Gasteiger partial charge in [0.05, 0.1) is 19.3 Å². The smallest absolute Gasteiger partial charge is 0.224 e. The maximum Gasteiger partial charge on any atom is 0.224 e. The van der Waals surface area contributed by atoms with Gasteiger partial charge in [-0.15, -0.1) is 0 Å². The number of ether oxygens (including phenoxy) is 1. The first-order valence-electron chi connectivity index (χ1n) is 11.1. The topological polar surface area (TPSA) is 57.7 Å². The molecule has 1 N–H and O–H groups in total. The summed E-state index contributed by atoms with van der Waals surface area (Å²) in [6.07, 6.45) is 4.23. The summed E-state index contributed by atoms with van der Waals surface area (Å²) < 4.78 is 5.53. The first kappa shape index (κ1) is 19.4. The summed E-state index contributed by atoms with van der Waals surface area (Å²) in [4.78, 5) is 21.7. The van der Waals surface area contributed by atoms with Gasteiger partial charge in [-0.3, -0.25) is 4.79 Å². The van der Waals surface area contributed by atoms with Crippen LogP contribution in [0.25, 0.3) is 0 Å². The number of hydrogen-bond acceptors (Lipinski definition) is 5. The minimum atomic E-state index is 0.108. The number of amides is 1. The Kier molecular flexibility index (Phi) is 5.11. The Morgan fingerprint density at radius 2 is 1.97 bits per heavy atom. The molecule has 1 unspecified atom stereocenters. The van der Waals surface area contributed by atoms with Gasteiger partial charge in [0, 0.05) is 55.1 Å². The highest BCUT2D eigenvalue weighted by atomic mass is 16.5. The minimum Gasteiger partial charge on any atom is -0.378 e. The number of benzene rings is 1. The summed E-state index contributed by atoms with van der Waals surface area (Å²) in [5.41, 5.74) is 3.43. The molecule has 3 aliphatic rings. The average Bonchev–Trinajstić information content (AvgIpc) is 3.61. The molecule has 0 spiro atoms. The molecule has 3 heterocycles. The Hall–Kier alpha value is -2.60. The molecule has 1 aliphatic carbocycles. The molecule has 1 amide bonds. The zero-order chi connectivity index (χ0) is 20.7. The maximum absolute atomic E-state index is 12.8. The summed E-state index contributed by atoms with van der Waals surface area (Å²) in [6.45, 7) is 7.29. The molecule has 1 aromatic carbocycles. The second-order valence-electron chi connectivity index (χ2n) is 8.76. The van der Waals surface area contributed by atoms with Crippen LogP contribution in [0, 0.1) is 11.8 Å². The van der Waals surface area contributed by atoms with Crippen LogP contribution < -0.4 is 15.1 Å². The summed E-state index contributed by atoms with van der Waals surface area (Å²) >= 11 is 0. The standard InChI is InChI=1S/C24H30N4O2/c1-16-23(26-22-5-3-4-10-25-22)20-15-19(27-11-13-30-14-12-27)8-9-21(20)28(17(2)29)24(16)18-6-7-18/h3-5,8-10,15-16,18,23-24H,6-7,11-14H2,1-2H3,(H,25,26)/t16-,23?,24-/m1/s1. The number of carbonyl (C=O) groups is 1. The van der Waals surface area contributed by atoms with Crippen molar-refractivity contribution in [1.82, 2.24) is 4.98 Å². The lowest BCUT2D eigenvalue weighted by Crippen LogP contribution is -2.51. The monoisotopic (exact) mass is 406 g/mol. The second kappa shape index (κ2) is 7.91. The quantitative estimate of drug-likeness (QED) is 0.836. The van der Waals surface area contributed by atoms with Crippen LogP contribution in [0.15, 0.2) is 42.6 Å². The van der Waals surface area contributed by atoms with Crippen molar-refractivity contribution in [3.05, 3.63) is 48.2 Å². The molecule has 2 aromatic rings. The van der Waals surface area contributed by atoms with Gasteiger partial charge in [-0.05, 0) is 49.1 Å². The minimum absolute atomic E-state index is 0.108. The van der Waals surface area contributed by atoms with E-state index in [1.807, 2.05) is 24.4 Å². The van der Waals surface area contributed by atoms with Crippen LogP contribution in [-0.2, 0) is 9.53 Å². The number of fused-ring (bicyclic) bond motifs is 1. The molecule has 2 aliphatic heterocycles. The Bertz CT molecular complexity index is 909. The molecule has 5 rings (SSSR count). The summed E-state index contributed by atoms with van der Waals surface area (Å²) in [7, 11) is 0. The van der Waals surface area contributed by atoms with Gasteiger partial charge in [0.15, 0.2) is 0 Å². The van der Waals surface area contributed by atoms with E-state index in [0.717, 1.165) is 37.8 Å². The number of carbonyl (C=O) groups excluding carboxylic acids is 1. The van der Waals surface area contributed by atoms with Crippen molar-refractivity contribution in [2.24, 2.45) is 11.8 Å². The van der Waals surface area contributed by atoms with E-state index in [9.17, 15) is 4.79 Å². The van der Waals surface area contributed by atoms with E-state index < -0.39 is 0 Å². The fraction of sp³-hybridized carbons (Fsp3) is 0.500. The lowest BCUT2D eigenvalue weighted by molar-refractivity contribution is -0.117. The number of nitrogens with one attached hydrogen (secondary N) is 1. The number of rotatable bonds is 4. The second-order valence-corrected chi connectivity index (χ2v) is 8.76. The van der Waals surface area contributed by atoms with Crippen molar-refractivity contribution in [3.63, 3.8) is 0 Å². The van der Waals surface area contributed by atoms with Gasteiger partial charge in [-0.25, -0.2) is 4.98 Å². The zero-order valence-electron chi connectivity index (χ0n) is 17.8. The average molecular weight is 407 g/mol. The highest BCUT2D eigenvalue weighted by Crippen LogP contribution is 2.50. The molecule has 6 nitrogen and oxygen atoms in total. The Morgan fingerprint density at radius 3 is 2.63 bits per heavy atom. The van der Waals surface area contributed by atoms with Crippen LogP contribution in [-0.4, -0.2) is 43.2 Å². The van der Waals surface area contributed by atoms with Crippen LogP contribution in [0.2, 0.25) is 0 Å². The van der Waals surface area contributed by atoms with Gasteiger partial charge in [0.1, 0.15) is 5.82 Å². The van der Waals surface area contributed by atoms with Gasteiger partial charge in [0.2, 0.25) is 5.91 Å². The highest BCUT2D eigenvalue weighted by molar-refractivity contribution is 5.94. The summed E-state index contributed by atoms with van der Waals surface area (Å²) in [5, 5.41) is 3.70. The Labute approximate surface area is 178 Å². The van der Waals surface area contributed by atoms with Gasteiger partial charge in [0.25, 0.3) is 0 Å². The Balaban J connectivity index is 1.58. The molecular formula is C24H30N4O2. The number of hydrogen-bond donors (Lipinski definition) is 1. The van der Waals surface area contributed by atoms with E-state index in [2.05, 4.69) is 45.2 Å². The van der Waals surface area contributed by atoms with Gasteiger partial charge in [-0.1, -0.05) is 13.0 Å². The van der Waals surface area contributed by atoms with Gasteiger partial charge < -0.3 is 19.9 Å². The number of nitrogens with zero attached hydrogens (tertiary/aromatic N) is 3. The van der Waals surface area contributed by atoms with Crippen LogP contribution in [0.4, 0.5) is 17.2 Å². The normalized spacial score (nSPS) is 26.3. The molecule has 30 heavy (non-hydrogen) atoms. The van der Waals surface area contributed by atoms with Crippen molar-refractivity contribution >= 4 is 23.1 Å². The third kappa shape index (κ3) is 3.54. The van der Waals surface area contributed by atoms with Crippen molar-refractivity contribution < 1.29 is 9.53 Å². The van der Waals surface area contributed by atoms with E-state index in [4.69, 9.17) is 4.74 Å². The van der Waals surface area contributed by atoms with Crippen LogP contribution in [0.5, 0.6) is 0 Å². The first-order valence-corrected chi connectivity index (χ1v) is 11.1. The molecule has 1 saturated heterocycles. The van der Waals surface area contributed by atoms with Crippen molar-refractivity contribution in [2.45, 2.75) is 38.8 Å². The molecule has 158 valence electrons. The van der Waals surface area contributed by atoms with Crippen LogP contribution in [0.1, 0.15) is 38.3 Å². The molecule has 0 bridgehead atoms. The molecule has 6 heteroatoms. The van der Waals surface area contributed by atoms with E-state index in [1.165, 1.54) is 24.1 Å². The van der Waals surface area contributed by atoms with Gasteiger partial charge >= 0.3 is 0 Å². The maximum atomic E-state index is 12.8. The van der Waals surface area contributed by atoms with Crippen molar-refractivity contribution in [3.8, 4) is 0 Å². The lowest BCUT2D eigenvalue weighted by Gasteiger charge is -2.46. The van der Waals surface area contributed by atoms with E-state index in [-0.39, 0.29) is 23.9 Å². The Morgan fingerprint density at radius 1 is 1.17 bits per heavy atom. The predicted molar refractivity (Wildman–Crippen MR) is 119 cm³/mol. The summed E-state index contributed by atoms with van der Waals surface area (Å²) in [6, 6.07) is 12.9. The third-order valence-corrected chi connectivity index (χ3v) is 6.76. The van der Waals surface area contributed by atoms with Gasteiger partial charge in [-0.2, -0.15) is 0 Å². The number of pyridine rings is 1. The van der Waals surface area contributed by atoms with Crippen LogP contribution in [0.3, 0.4) is 0 Å². The largest absolute Gasteiger partial charge is 0.378 e. The number of aromatic nitrogens is 1. The van der Waals surface area contributed by atoms with E-state index in [0.29, 0.717) is 5.92 Å². The lowest BCUT2D eigenvalue weighted by atomic mass is 9.79. The molecular weight excluding hydrogens is 376 g/mol. The molecule has 0 radical (unpaired) electrons. The van der Waals surface area contributed by atoms with Crippen LogP contribution >= 0.6 is 0 Å². The fourth-order valence-electron chi connectivity index (χ4n) is 5.18. The molecule has 2 fully saturated rings. The SMILES string of the molecule is CC(=O)N1c2ccc(N3CCOCC3)cc2C(Nc2ccccn2)[C@@H](C)[C@@H]1C1CC1. The third-order valence-electron chi connectivity index (χ3n) is 6.76.